The highest BCUT2D eigenvalue weighted by molar-refractivity contribution is 7.90. The fraction of sp³-hybridized carbons (Fsp3) is 0.188. The second-order valence-corrected chi connectivity index (χ2v) is 7.05. The van der Waals surface area contributed by atoms with Crippen LogP contribution in [-0.4, -0.2) is 22.2 Å². The molecule has 3 rings (SSSR count). The molecule has 22 heavy (non-hydrogen) atoms. The lowest BCUT2D eigenvalue weighted by atomic mass is 10.1. The highest BCUT2D eigenvalue weighted by Gasteiger charge is 2.25. The topological polar surface area (TPSA) is 56.9 Å². The van der Waals surface area contributed by atoms with Gasteiger partial charge in [-0.2, -0.15) is 5.10 Å². The van der Waals surface area contributed by atoms with Crippen LogP contribution in [0.15, 0.2) is 53.7 Å². The molecular formula is C16H17N3O2S. The Morgan fingerprint density at radius 1 is 1.05 bits per heavy atom. The Kier molecular flexibility index (Phi) is 3.41. The van der Waals surface area contributed by atoms with Gasteiger partial charge in [0.15, 0.2) is 0 Å². The predicted molar refractivity (Wildman–Crippen MR) is 85.1 cm³/mol. The first-order valence-corrected chi connectivity index (χ1v) is 8.34. The van der Waals surface area contributed by atoms with Crippen molar-refractivity contribution in [2.45, 2.75) is 18.7 Å². The van der Waals surface area contributed by atoms with E-state index >= 15 is 0 Å². The minimum atomic E-state index is -3.67. The van der Waals surface area contributed by atoms with Crippen LogP contribution in [0.2, 0.25) is 0 Å². The van der Waals surface area contributed by atoms with E-state index in [4.69, 9.17) is 0 Å². The third kappa shape index (κ3) is 2.25. The molecule has 5 nitrogen and oxygen atoms in total. The molecule has 0 amide bonds. The molecule has 0 N–H and O–H groups in total. The summed E-state index contributed by atoms with van der Waals surface area (Å²) in [6.07, 6.45) is 3.13. The Hall–Kier alpha value is -2.34. The second kappa shape index (κ2) is 5.14. The van der Waals surface area contributed by atoms with Crippen LogP contribution in [0, 0.1) is 13.8 Å². The van der Waals surface area contributed by atoms with Crippen molar-refractivity contribution in [3.05, 3.63) is 60.0 Å². The quantitative estimate of drug-likeness (QED) is 0.747. The Labute approximate surface area is 129 Å². The number of benzene rings is 1. The van der Waals surface area contributed by atoms with E-state index in [2.05, 4.69) is 5.10 Å². The molecule has 2 heterocycles. The van der Waals surface area contributed by atoms with Crippen molar-refractivity contribution in [3.8, 4) is 11.3 Å². The summed E-state index contributed by atoms with van der Waals surface area (Å²) in [5.41, 5.74) is 2.96. The van der Waals surface area contributed by atoms with Gasteiger partial charge in [-0.15, -0.1) is 0 Å². The number of aryl methyl sites for hydroxylation is 3. The van der Waals surface area contributed by atoms with Gasteiger partial charge in [0.05, 0.1) is 11.4 Å². The minimum Gasteiger partial charge on any atom is -0.274 e. The lowest BCUT2D eigenvalue weighted by Gasteiger charge is -2.11. The first kappa shape index (κ1) is 14.6. The Morgan fingerprint density at radius 2 is 1.73 bits per heavy atom. The summed E-state index contributed by atoms with van der Waals surface area (Å²) < 4.78 is 28.8. The fourth-order valence-electron chi connectivity index (χ4n) is 2.60. The van der Waals surface area contributed by atoms with Crippen LogP contribution >= 0.6 is 0 Å². The maximum Gasteiger partial charge on any atom is 0.271 e. The average molecular weight is 315 g/mol. The molecule has 0 unspecified atom stereocenters. The van der Waals surface area contributed by atoms with Crippen LogP contribution < -0.4 is 0 Å². The minimum absolute atomic E-state index is 0.225. The summed E-state index contributed by atoms with van der Waals surface area (Å²) in [6.45, 7) is 3.61. The summed E-state index contributed by atoms with van der Waals surface area (Å²) in [5.74, 6) is 0. The molecule has 3 aromatic rings. The maximum atomic E-state index is 13.0. The monoisotopic (exact) mass is 315 g/mol. The van der Waals surface area contributed by atoms with E-state index in [1.54, 1.807) is 20.2 Å². The number of hydrogen-bond donors (Lipinski definition) is 0. The first-order valence-electron chi connectivity index (χ1n) is 6.90. The summed E-state index contributed by atoms with van der Waals surface area (Å²) in [5, 5.41) is 4.14. The van der Waals surface area contributed by atoms with Crippen molar-refractivity contribution in [1.29, 1.82) is 0 Å². The highest BCUT2D eigenvalue weighted by atomic mass is 32.2. The normalized spacial score (nSPS) is 11.8. The van der Waals surface area contributed by atoms with E-state index in [9.17, 15) is 8.42 Å². The molecule has 0 aliphatic carbocycles. The Balaban J connectivity index is 2.24. The number of hydrogen-bond acceptors (Lipinski definition) is 3. The molecule has 0 radical (unpaired) electrons. The number of nitrogens with zero attached hydrogens (tertiary/aromatic N) is 3. The van der Waals surface area contributed by atoms with Gasteiger partial charge < -0.3 is 0 Å². The van der Waals surface area contributed by atoms with E-state index in [-0.39, 0.29) is 4.90 Å². The smallest absolute Gasteiger partial charge is 0.271 e. The molecular weight excluding hydrogens is 298 g/mol. The molecule has 0 fully saturated rings. The molecule has 0 spiro atoms. The van der Waals surface area contributed by atoms with Gasteiger partial charge in [0.2, 0.25) is 0 Å². The predicted octanol–water partition coefficient (Wildman–Crippen LogP) is 2.74. The van der Waals surface area contributed by atoms with Gasteiger partial charge in [-0.3, -0.25) is 4.68 Å². The summed E-state index contributed by atoms with van der Waals surface area (Å²) in [4.78, 5) is 0.225. The van der Waals surface area contributed by atoms with Gasteiger partial charge in [-0.1, -0.05) is 30.3 Å². The molecule has 0 saturated carbocycles. The third-order valence-corrected chi connectivity index (χ3v) is 5.39. The summed E-state index contributed by atoms with van der Waals surface area (Å²) in [7, 11) is -1.96. The van der Waals surface area contributed by atoms with E-state index in [0.29, 0.717) is 11.4 Å². The number of aromatic nitrogens is 3. The van der Waals surface area contributed by atoms with Gasteiger partial charge in [0, 0.05) is 19.4 Å². The molecule has 2 aromatic heterocycles. The Morgan fingerprint density at radius 3 is 2.32 bits per heavy atom. The van der Waals surface area contributed by atoms with E-state index in [0.717, 1.165) is 11.1 Å². The van der Waals surface area contributed by atoms with E-state index < -0.39 is 10.0 Å². The molecule has 0 bridgehead atoms. The standard InChI is InChI=1S/C16H17N3O2S/c1-12-9-10-19(16(12)14-7-5-4-6-8-14)22(20,21)15-11-18(3)17-13(15)2/h4-11H,1-3H3. The third-order valence-electron chi connectivity index (χ3n) is 3.61. The zero-order chi connectivity index (χ0) is 15.9. The maximum absolute atomic E-state index is 13.0. The van der Waals surface area contributed by atoms with Crippen molar-refractivity contribution in [2.24, 2.45) is 7.05 Å². The van der Waals surface area contributed by atoms with Crippen LogP contribution in [0.1, 0.15) is 11.3 Å². The van der Waals surface area contributed by atoms with E-state index in [1.165, 1.54) is 14.9 Å². The Bertz CT molecular complexity index is 922. The highest BCUT2D eigenvalue weighted by Crippen LogP contribution is 2.29. The molecule has 114 valence electrons. The second-order valence-electron chi connectivity index (χ2n) is 5.27. The zero-order valence-corrected chi connectivity index (χ0v) is 13.5. The van der Waals surface area contributed by atoms with Gasteiger partial charge >= 0.3 is 0 Å². The van der Waals surface area contributed by atoms with Crippen LogP contribution in [0.4, 0.5) is 0 Å². The van der Waals surface area contributed by atoms with Crippen LogP contribution in [0.25, 0.3) is 11.3 Å². The van der Waals surface area contributed by atoms with Crippen molar-refractivity contribution in [3.63, 3.8) is 0 Å². The largest absolute Gasteiger partial charge is 0.274 e. The van der Waals surface area contributed by atoms with Gasteiger partial charge in [-0.05, 0) is 31.0 Å². The first-order chi connectivity index (χ1) is 10.4. The van der Waals surface area contributed by atoms with Crippen molar-refractivity contribution in [2.75, 3.05) is 0 Å². The molecule has 0 aliphatic rings. The lowest BCUT2D eigenvalue weighted by molar-refractivity contribution is 0.587. The lowest BCUT2D eigenvalue weighted by Crippen LogP contribution is -2.14. The number of rotatable bonds is 3. The zero-order valence-electron chi connectivity index (χ0n) is 12.7. The average Bonchev–Trinajstić information content (AvgIpc) is 3.03. The molecule has 0 aliphatic heterocycles. The van der Waals surface area contributed by atoms with Gasteiger partial charge in [0.1, 0.15) is 4.90 Å². The van der Waals surface area contributed by atoms with Crippen LogP contribution in [-0.2, 0) is 17.1 Å². The SMILES string of the molecule is Cc1ccn(S(=O)(=O)c2cn(C)nc2C)c1-c1ccccc1. The van der Waals surface area contributed by atoms with Crippen molar-refractivity contribution >= 4 is 10.0 Å². The van der Waals surface area contributed by atoms with Gasteiger partial charge in [0.25, 0.3) is 10.0 Å². The fourth-order valence-corrected chi connectivity index (χ4v) is 4.22. The van der Waals surface area contributed by atoms with E-state index in [1.807, 2.05) is 43.3 Å². The van der Waals surface area contributed by atoms with Gasteiger partial charge in [-0.25, -0.2) is 12.4 Å². The molecule has 0 atom stereocenters. The summed E-state index contributed by atoms with van der Waals surface area (Å²) in [6, 6.07) is 11.3. The molecule has 0 saturated heterocycles. The molecule has 6 heteroatoms. The van der Waals surface area contributed by atoms with Crippen LogP contribution in [0.5, 0.6) is 0 Å². The van der Waals surface area contributed by atoms with Crippen molar-refractivity contribution < 1.29 is 8.42 Å². The summed E-state index contributed by atoms with van der Waals surface area (Å²) >= 11 is 0. The van der Waals surface area contributed by atoms with Crippen molar-refractivity contribution in [1.82, 2.24) is 13.8 Å². The van der Waals surface area contributed by atoms with Crippen LogP contribution in [0.3, 0.4) is 0 Å². The molecule has 1 aromatic carbocycles.